The van der Waals surface area contributed by atoms with Gasteiger partial charge in [0.05, 0.1) is 18.6 Å². The first kappa shape index (κ1) is 75.0. The Hall–Kier alpha value is -11.8. The van der Waals surface area contributed by atoms with Crippen LogP contribution in [0.3, 0.4) is 0 Å². The van der Waals surface area contributed by atoms with Crippen molar-refractivity contribution in [2.45, 2.75) is 138 Å². The number of ketones is 1. The van der Waals surface area contributed by atoms with E-state index < -0.39 is 144 Å². The van der Waals surface area contributed by atoms with Crippen LogP contribution in [-0.4, -0.2) is 165 Å². The SMILES string of the molecule is C[C@H]1NC(=O)[C@H](Cc2ccc(O)cc2)NC(=O)[C@H](c2ccccc2)NC(=O)c2cc3cc(c2)C(=O)NC[C@@H](C(N)=O)NC(=O)[C@H](Cc2c[nH]cn2)NC(=O)[C@@H](CCCCN)NC(=O)CNC(=O)[C@@H](Cc2ccccc2)NC(=O)C(Cc2ccc(O)cc2)NC(=O)[C@H](CCCCCC3=O)NC1=O. The average molecular weight is 1390 g/mol. The van der Waals surface area contributed by atoms with Gasteiger partial charge in [0.25, 0.3) is 11.8 Å². The minimum atomic E-state index is -1.69. The van der Waals surface area contributed by atoms with Gasteiger partial charge in [-0.2, -0.15) is 0 Å². The smallest absolute Gasteiger partial charge is 0.252 e. The molecule has 4 bridgehead atoms. The number of primary amides is 1. The Morgan fingerprint density at radius 3 is 1.64 bits per heavy atom. The molecule has 0 saturated carbocycles. The number of phenols is 2. The number of amides is 12. The molecule has 0 fully saturated rings. The summed E-state index contributed by atoms with van der Waals surface area (Å²) in [6, 6.07) is 17.6. The summed E-state index contributed by atoms with van der Waals surface area (Å²) < 4.78 is 0. The predicted octanol–water partition coefficient (Wildman–Crippen LogP) is -0.218. The minimum Gasteiger partial charge on any atom is -0.508 e. The Morgan fingerprint density at radius 1 is 0.505 bits per heavy atom. The molecule has 18 N–H and O–H groups in total. The number of aromatic nitrogens is 2. The lowest BCUT2D eigenvalue weighted by Crippen LogP contribution is -2.60. The molecule has 12 amide bonds. The summed E-state index contributed by atoms with van der Waals surface area (Å²) in [5.41, 5.74) is 12.7. The van der Waals surface area contributed by atoms with Gasteiger partial charge in [-0.25, -0.2) is 4.98 Å². The second-order valence-corrected chi connectivity index (χ2v) is 24.7. The van der Waals surface area contributed by atoms with Gasteiger partial charge in [-0.1, -0.05) is 97.8 Å². The number of aromatic amines is 1. The molecule has 532 valence electrons. The van der Waals surface area contributed by atoms with Gasteiger partial charge in [0.15, 0.2) is 5.78 Å². The van der Waals surface area contributed by atoms with Gasteiger partial charge in [0.1, 0.15) is 65.9 Å². The Labute approximate surface area is 580 Å². The molecular formula is C71H83N15O15. The van der Waals surface area contributed by atoms with Crippen LogP contribution in [-0.2, 0) is 73.6 Å². The van der Waals surface area contributed by atoms with Crippen molar-refractivity contribution in [3.63, 3.8) is 0 Å². The van der Waals surface area contributed by atoms with Gasteiger partial charge in [0, 0.05) is 61.5 Å². The molecule has 1 aromatic heterocycles. The van der Waals surface area contributed by atoms with Crippen LogP contribution in [0.25, 0.3) is 0 Å². The van der Waals surface area contributed by atoms with E-state index in [1.807, 2.05) is 0 Å². The summed E-state index contributed by atoms with van der Waals surface area (Å²) in [5.74, 6) is -12.2. The number of benzene rings is 5. The molecule has 5 aromatic carbocycles. The molecule has 8 rings (SSSR count). The molecule has 101 heavy (non-hydrogen) atoms. The van der Waals surface area contributed by atoms with E-state index in [-0.39, 0.29) is 117 Å². The van der Waals surface area contributed by atoms with Crippen molar-refractivity contribution in [2.75, 3.05) is 19.6 Å². The number of hydrogen-bond acceptors (Lipinski definition) is 17. The van der Waals surface area contributed by atoms with Crippen molar-refractivity contribution in [3.8, 4) is 11.5 Å². The van der Waals surface area contributed by atoms with Crippen LogP contribution >= 0.6 is 0 Å². The molecule has 0 saturated heterocycles. The normalized spacial score (nSPS) is 22.6. The van der Waals surface area contributed by atoms with Crippen molar-refractivity contribution in [2.24, 2.45) is 11.5 Å². The Balaban J connectivity index is 1.22. The molecule has 1 unspecified atom stereocenters. The van der Waals surface area contributed by atoms with Gasteiger partial charge in [-0.05, 0) is 110 Å². The van der Waals surface area contributed by atoms with E-state index in [0.717, 1.165) is 6.07 Å². The number of unbranched alkanes of at least 4 members (excludes halogenated alkanes) is 1. The number of Topliss-reactive ketones (excluding diaryl/α,β-unsaturated/α-hetero) is 1. The number of hydrogen-bond donors (Lipinski definition) is 16. The van der Waals surface area contributed by atoms with E-state index in [2.05, 4.69) is 68.5 Å². The van der Waals surface area contributed by atoms with Crippen LogP contribution < -0.4 is 70.0 Å². The maximum atomic E-state index is 15.0. The maximum absolute atomic E-state index is 15.0. The molecule has 0 spiro atoms. The summed E-state index contributed by atoms with van der Waals surface area (Å²) in [6.07, 6.45) is 2.56. The van der Waals surface area contributed by atoms with E-state index >= 15 is 0 Å². The third kappa shape index (κ3) is 22.6. The highest BCUT2D eigenvalue weighted by molar-refractivity contribution is 6.07. The Kier molecular flexibility index (Phi) is 27.2. The van der Waals surface area contributed by atoms with Gasteiger partial charge < -0.3 is 85.1 Å². The number of phenolic OH excluding ortho intramolecular Hbond substituents is 2. The second kappa shape index (κ2) is 36.7. The summed E-state index contributed by atoms with van der Waals surface area (Å²) in [6.45, 7) is 0.0752. The Morgan fingerprint density at radius 2 is 1.04 bits per heavy atom. The molecule has 9 atom stereocenters. The number of rotatable bonds is 14. The predicted molar refractivity (Wildman–Crippen MR) is 365 cm³/mol. The summed E-state index contributed by atoms with van der Waals surface area (Å²) >= 11 is 0. The monoisotopic (exact) mass is 1390 g/mol. The zero-order chi connectivity index (χ0) is 72.5. The number of nitrogens with one attached hydrogen (secondary N) is 12. The van der Waals surface area contributed by atoms with Crippen molar-refractivity contribution >= 4 is 76.7 Å². The second-order valence-electron chi connectivity index (χ2n) is 24.7. The first-order valence-corrected chi connectivity index (χ1v) is 33.1. The molecule has 0 aliphatic carbocycles. The molecule has 2 aliphatic heterocycles. The highest BCUT2D eigenvalue weighted by Gasteiger charge is 2.36. The highest BCUT2D eigenvalue weighted by atomic mass is 16.3. The van der Waals surface area contributed by atoms with Crippen LogP contribution in [0.1, 0.15) is 123 Å². The van der Waals surface area contributed by atoms with E-state index in [1.165, 1.54) is 92.2 Å². The van der Waals surface area contributed by atoms with Crippen molar-refractivity contribution < 1.29 is 72.5 Å². The van der Waals surface area contributed by atoms with E-state index in [0.29, 0.717) is 23.1 Å². The number of carbonyl (C=O) groups excluding carboxylic acids is 13. The summed E-state index contributed by atoms with van der Waals surface area (Å²) in [4.78, 5) is 195. The number of nitrogens with two attached hydrogens (primary N) is 2. The number of fused-ring (bicyclic) bond motifs is 8. The standard InChI is InChI=1S/C71H83N15O15/c1-40-62(92)80-52-17-9-4-10-19-58(89)45-32-46(34-47(33-45)64(94)86-60(44-15-7-3-8-16-44)71(101)84-54(68(98)78-40)30-42-20-24-49(87)25-21-42)63(93)75-37-57(61(73)91)85-70(100)56(35-48-36-74-39-77-48)83-66(96)51(18-11-12-28-72)79-59(90)38-76-65(95)53(29-41-13-5-2-6-14-41)81-69(99)55(82-67(52)97)31-43-22-26-50(88)27-23-43/h2-3,5-8,13-16,20-27,32-34,36,39-40,51-57,60,87-88H,4,9-12,17-19,28-31,35,37-38,72H2,1H3,(H2,73,91)(H,74,77)(H,75,93)(H,76,95)(H,78,98)(H,79,90)(H,80,92)(H,81,99)(H,82,97)(H,83,96)(H,84,101)(H,85,100)(H,86,94)/t40-,51-,52+,53-,54+,55?,56+,57+,60+/m1/s1. The van der Waals surface area contributed by atoms with Crippen LogP contribution in [0, 0.1) is 0 Å². The molecule has 0 radical (unpaired) electrons. The van der Waals surface area contributed by atoms with Crippen LogP contribution in [0.2, 0.25) is 0 Å². The molecule has 30 nitrogen and oxygen atoms in total. The fraction of sp³-hybridized carbons (Fsp3) is 0.352. The number of nitrogens with zero attached hydrogens (tertiary/aromatic N) is 1. The minimum absolute atomic E-state index is 0.0289. The van der Waals surface area contributed by atoms with Crippen molar-refractivity contribution in [3.05, 3.63) is 185 Å². The van der Waals surface area contributed by atoms with Gasteiger partial charge in [-0.3, -0.25) is 62.3 Å². The van der Waals surface area contributed by atoms with E-state index in [1.54, 1.807) is 48.5 Å². The lowest BCUT2D eigenvalue weighted by molar-refractivity contribution is -0.135. The zero-order valence-corrected chi connectivity index (χ0v) is 55.4. The quantitative estimate of drug-likeness (QED) is 0.0627. The maximum Gasteiger partial charge on any atom is 0.252 e. The Bertz CT molecular complexity index is 3940. The lowest BCUT2D eigenvalue weighted by Gasteiger charge is -2.27. The highest BCUT2D eigenvalue weighted by Crippen LogP contribution is 2.22. The third-order valence-electron chi connectivity index (χ3n) is 16.9. The van der Waals surface area contributed by atoms with Crippen molar-refractivity contribution in [1.29, 1.82) is 0 Å². The molecule has 2 aliphatic rings. The van der Waals surface area contributed by atoms with E-state index in [9.17, 15) is 72.5 Å². The fourth-order valence-corrected chi connectivity index (χ4v) is 11.3. The largest absolute Gasteiger partial charge is 0.508 e. The molecule has 30 heteroatoms. The van der Waals surface area contributed by atoms with Crippen molar-refractivity contribution in [1.82, 2.24) is 68.5 Å². The van der Waals surface area contributed by atoms with E-state index in [4.69, 9.17) is 11.5 Å². The number of H-pyrrole nitrogens is 1. The third-order valence-corrected chi connectivity index (χ3v) is 16.9. The first-order chi connectivity index (χ1) is 48.5. The number of aromatic hydroxyl groups is 2. The first-order valence-electron chi connectivity index (χ1n) is 33.1. The van der Waals surface area contributed by atoms with Gasteiger partial charge in [-0.15, -0.1) is 0 Å². The summed E-state index contributed by atoms with van der Waals surface area (Å²) in [5, 5.41) is 49.3. The summed E-state index contributed by atoms with van der Waals surface area (Å²) in [7, 11) is 0. The molecule has 3 heterocycles. The number of carbonyl (C=O) groups is 13. The molecular weight excluding hydrogens is 1300 g/mol. The van der Waals surface area contributed by atoms with Crippen LogP contribution in [0.15, 0.2) is 140 Å². The topological polar surface area (TPSA) is 475 Å². The lowest BCUT2D eigenvalue weighted by atomic mass is 9.97. The zero-order valence-electron chi connectivity index (χ0n) is 55.4. The molecule has 6 aromatic rings. The fourth-order valence-electron chi connectivity index (χ4n) is 11.3. The van der Waals surface area contributed by atoms with Crippen LogP contribution in [0.5, 0.6) is 11.5 Å². The van der Waals surface area contributed by atoms with Gasteiger partial charge in [0.2, 0.25) is 59.1 Å². The van der Waals surface area contributed by atoms with Crippen LogP contribution in [0.4, 0.5) is 0 Å². The number of imidazole rings is 1. The average Bonchev–Trinajstić information content (AvgIpc) is 1.18. The van der Waals surface area contributed by atoms with Gasteiger partial charge >= 0.3 is 0 Å².